The quantitative estimate of drug-likeness (QED) is 0.651. The van der Waals surface area contributed by atoms with Gasteiger partial charge in [-0.2, -0.15) is 4.98 Å². The van der Waals surface area contributed by atoms with E-state index in [1.807, 2.05) is 6.92 Å². The SMILES string of the molecule is CC[C@]1(CO)O[C@@H](n2ccc(N)nc2=O)C[C@@H]1N. The van der Waals surface area contributed by atoms with E-state index in [0.29, 0.717) is 12.8 Å². The fraction of sp³-hybridized carbons (Fsp3) is 0.636. The van der Waals surface area contributed by atoms with Crippen LogP contribution in [0, 0.1) is 0 Å². The molecule has 2 heterocycles. The number of nitrogen functional groups attached to an aromatic ring is 1. The summed E-state index contributed by atoms with van der Waals surface area (Å²) in [5.74, 6) is 0.169. The van der Waals surface area contributed by atoms with Gasteiger partial charge in [0.25, 0.3) is 0 Å². The number of hydrogen-bond acceptors (Lipinski definition) is 6. The van der Waals surface area contributed by atoms with E-state index in [-0.39, 0.29) is 18.5 Å². The molecule has 7 nitrogen and oxygen atoms in total. The summed E-state index contributed by atoms with van der Waals surface area (Å²) in [6.07, 6.45) is 2.07. The summed E-state index contributed by atoms with van der Waals surface area (Å²) in [4.78, 5) is 15.4. The summed E-state index contributed by atoms with van der Waals surface area (Å²) in [5.41, 5.74) is 10.2. The lowest BCUT2D eigenvalue weighted by Crippen LogP contribution is -2.47. The van der Waals surface area contributed by atoms with Crippen molar-refractivity contribution in [3.8, 4) is 0 Å². The molecule has 1 aliphatic heterocycles. The van der Waals surface area contributed by atoms with Gasteiger partial charge in [-0.1, -0.05) is 6.92 Å². The van der Waals surface area contributed by atoms with Crippen LogP contribution in [0.4, 0.5) is 5.82 Å². The van der Waals surface area contributed by atoms with Gasteiger partial charge in [0.15, 0.2) is 0 Å². The van der Waals surface area contributed by atoms with Gasteiger partial charge >= 0.3 is 5.69 Å². The zero-order valence-electron chi connectivity index (χ0n) is 10.2. The van der Waals surface area contributed by atoms with E-state index in [9.17, 15) is 9.90 Å². The molecule has 2 rings (SSSR count). The van der Waals surface area contributed by atoms with Crippen molar-refractivity contribution in [1.29, 1.82) is 0 Å². The zero-order valence-corrected chi connectivity index (χ0v) is 10.2. The minimum atomic E-state index is -0.786. The predicted molar refractivity (Wildman–Crippen MR) is 65.7 cm³/mol. The molecule has 0 radical (unpaired) electrons. The number of hydrogen-bond donors (Lipinski definition) is 3. The second kappa shape index (κ2) is 4.68. The Morgan fingerprint density at radius 1 is 1.72 bits per heavy atom. The van der Waals surface area contributed by atoms with Crippen molar-refractivity contribution in [2.75, 3.05) is 12.3 Å². The predicted octanol–water partition coefficient (Wildman–Crippen LogP) is -0.787. The number of nitrogens with zero attached hydrogens (tertiary/aromatic N) is 2. The number of anilines is 1. The van der Waals surface area contributed by atoms with E-state index in [0.717, 1.165) is 0 Å². The molecule has 7 heteroatoms. The summed E-state index contributed by atoms with van der Waals surface area (Å²) >= 11 is 0. The molecule has 3 atom stereocenters. The lowest BCUT2D eigenvalue weighted by molar-refractivity contribution is -0.105. The Balaban J connectivity index is 2.30. The topological polar surface area (TPSA) is 116 Å². The molecule has 1 aromatic heterocycles. The number of aromatic nitrogens is 2. The molecule has 0 amide bonds. The molecule has 18 heavy (non-hydrogen) atoms. The maximum Gasteiger partial charge on any atom is 0.351 e. The number of ether oxygens (including phenoxy) is 1. The van der Waals surface area contributed by atoms with E-state index in [2.05, 4.69) is 4.98 Å². The zero-order chi connectivity index (χ0) is 13.3. The highest BCUT2D eigenvalue weighted by atomic mass is 16.5. The average molecular weight is 254 g/mol. The third kappa shape index (κ3) is 2.00. The van der Waals surface area contributed by atoms with Crippen molar-refractivity contribution in [2.24, 2.45) is 5.73 Å². The molecule has 1 fully saturated rings. The number of rotatable bonds is 3. The van der Waals surface area contributed by atoms with E-state index in [1.54, 1.807) is 0 Å². The molecule has 1 aromatic rings. The van der Waals surface area contributed by atoms with Gasteiger partial charge in [0.1, 0.15) is 17.6 Å². The number of aliphatic hydroxyl groups excluding tert-OH is 1. The Morgan fingerprint density at radius 2 is 2.44 bits per heavy atom. The van der Waals surface area contributed by atoms with E-state index in [1.165, 1.54) is 16.8 Å². The van der Waals surface area contributed by atoms with E-state index < -0.39 is 17.5 Å². The first-order chi connectivity index (χ1) is 8.52. The summed E-state index contributed by atoms with van der Waals surface area (Å²) < 4.78 is 7.12. The van der Waals surface area contributed by atoms with Crippen LogP contribution in [0.5, 0.6) is 0 Å². The molecule has 5 N–H and O–H groups in total. The highest BCUT2D eigenvalue weighted by Gasteiger charge is 2.46. The Kier molecular flexibility index (Phi) is 3.38. The maximum atomic E-state index is 11.7. The molecular formula is C11H18N4O3. The van der Waals surface area contributed by atoms with Gasteiger partial charge in [-0.15, -0.1) is 0 Å². The van der Waals surface area contributed by atoms with Gasteiger partial charge in [0.2, 0.25) is 0 Å². The Hall–Kier alpha value is -1.44. The molecule has 1 aliphatic rings. The van der Waals surface area contributed by atoms with Crippen LogP contribution in [-0.2, 0) is 4.74 Å². The summed E-state index contributed by atoms with van der Waals surface area (Å²) in [7, 11) is 0. The molecule has 100 valence electrons. The molecule has 1 saturated heterocycles. The van der Waals surface area contributed by atoms with Crippen molar-refractivity contribution in [1.82, 2.24) is 9.55 Å². The van der Waals surface area contributed by atoms with Crippen LogP contribution < -0.4 is 17.2 Å². The van der Waals surface area contributed by atoms with Crippen molar-refractivity contribution in [3.63, 3.8) is 0 Å². The monoisotopic (exact) mass is 254 g/mol. The second-order valence-corrected chi connectivity index (χ2v) is 4.53. The maximum absolute atomic E-state index is 11.7. The first kappa shape index (κ1) is 13.0. The molecule has 0 unspecified atom stereocenters. The van der Waals surface area contributed by atoms with Crippen LogP contribution in [0.2, 0.25) is 0 Å². The number of aliphatic hydroxyl groups is 1. The third-order valence-corrected chi connectivity index (χ3v) is 3.53. The normalized spacial score (nSPS) is 31.7. The van der Waals surface area contributed by atoms with Gasteiger partial charge in [0.05, 0.1) is 6.61 Å². The lowest BCUT2D eigenvalue weighted by Gasteiger charge is -2.29. The first-order valence-corrected chi connectivity index (χ1v) is 5.91. The molecule has 0 saturated carbocycles. The van der Waals surface area contributed by atoms with Gasteiger partial charge in [0, 0.05) is 18.7 Å². The van der Waals surface area contributed by atoms with Crippen LogP contribution in [0.1, 0.15) is 26.0 Å². The van der Waals surface area contributed by atoms with Crippen LogP contribution >= 0.6 is 0 Å². The van der Waals surface area contributed by atoms with Gasteiger partial charge in [-0.05, 0) is 12.5 Å². The van der Waals surface area contributed by atoms with Gasteiger partial charge < -0.3 is 21.3 Å². The molecule has 0 aliphatic carbocycles. The smallest absolute Gasteiger partial charge is 0.351 e. The first-order valence-electron chi connectivity index (χ1n) is 5.91. The molecular weight excluding hydrogens is 236 g/mol. The Morgan fingerprint density at radius 3 is 2.94 bits per heavy atom. The summed E-state index contributed by atoms with van der Waals surface area (Å²) in [6, 6.07) is 1.21. The highest BCUT2D eigenvalue weighted by molar-refractivity contribution is 5.23. The average Bonchev–Trinajstić information content (AvgIpc) is 2.67. The van der Waals surface area contributed by atoms with E-state index in [4.69, 9.17) is 16.2 Å². The van der Waals surface area contributed by atoms with Crippen LogP contribution in [-0.4, -0.2) is 32.9 Å². The fourth-order valence-electron chi connectivity index (χ4n) is 2.27. The van der Waals surface area contributed by atoms with Crippen LogP contribution in [0.25, 0.3) is 0 Å². The highest BCUT2D eigenvalue weighted by Crippen LogP contribution is 2.36. The largest absolute Gasteiger partial charge is 0.393 e. The van der Waals surface area contributed by atoms with Crippen LogP contribution in [0.15, 0.2) is 17.1 Å². The lowest BCUT2D eigenvalue weighted by atomic mass is 9.93. The third-order valence-electron chi connectivity index (χ3n) is 3.53. The van der Waals surface area contributed by atoms with Crippen LogP contribution in [0.3, 0.4) is 0 Å². The summed E-state index contributed by atoms with van der Waals surface area (Å²) in [5, 5.41) is 9.44. The van der Waals surface area contributed by atoms with Gasteiger partial charge in [-0.3, -0.25) is 4.57 Å². The van der Waals surface area contributed by atoms with Gasteiger partial charge in [-0.25, -0.2) is 4.79 Å². The number of nitrogens with two attached hydrogens (primary N) is 2. The van der Waals surface area contributed by atoms with Crippen molar-refractivity contribution in [2.45, 2.75) is 37.6 Å². The fourth-order valence-corrected chi connectivity index (χ4v) is 2.27. The minimum Gasteiger partial charge on any atom is -0.393 e. The van der Waals surface area contributed by atoms with Crippen molar-refractivity contribution < 1.29 is 9.84 Å². The van der Waals surface area contributed by atoms with E-state index >= 15 is 0 Å². The van der Waals surface area contributed by atoms with Crippen molar-refractivity contribution >= 4 is 5.82 Å². The summed E-state index contributed by atoms with van der Waals surface area (Å²) in [6.45, 7) is 1.72. The second-order valence-electron chi connectivity index (χ2n) is 4.53. The Bertz CT molecular complexity index is 483. The molecule has 0 spiro atoms. The van der Waals surface area contributed by atoms with Crippen molar-refractivity contribution in [3.05, 3.63) is 22.7 Å². The molecule has 0 aromatic carbocycles. The molecule has 0 bridgehead atoms. The minimum absolute atomic E-state index is 0.168. The Labute approximate surface area is 104 Å². The standard InChI is InChI=1S/C11H18N4O3/c1-2-11(6-16)7(12)5-9(18-11)15-4-3-8(13)14-10(15)17/h3-4,7,9,16H,2,5-6,12H2,1H3,(H2,13,14,17)/t7-,9+,11+/m0/s1.